The summed E-state index contributed by atoms with van der Waals surface area (Å²) in [5.74, 6) is 0. The van der Waals surface area contributed by atoms with Crippen molar-refractivity contribution in [2.24, 2.45) is 0 Å². The van der Waals surface area contributed by atoms with Crippen LogP contribution in [-0.2, 0) is 23.2 Å². The zero-order chi connectivity index (χ0) is 19.3. The summed E-state index contributed by atoms with van der Waals surface area (Å²) in [5.41, 5.74) is 2.91. The van der Waals surface area contributed by atoms with Crippen LogP contribution in [0.1, 0.15) is 30.9 Å². The normalized spacial score (nSPS) is 11.1. The van der Waals surface area contributed by atoms with Crippen molar-refractivity contribution in [2.75, 3.05) is 19.6 Å². The van der Waals surface area contributed by atoms with Crippen LogP contribution in [0.25, 0.3) is 0 Å². The maximum Gasteiger partial charge on any atom is 0.394 e. The van der Waals surface area contributed by atoms with Gasteiger partial charge in [0.25, 0.3) is 0 Å². The SMILES string of the molecule is CCN(CCCc1ccccc1)CCCc1ccccc1.O=S(=O)(O)O. The van der Waals surface area contributed by atoms with Crippen molar-refractivity contribution in [1.29, 1.82) is 0 Å². The van der Waals surface area contributed by atoms with Gasteiger partial charge in [-0.15, -0.1) is 0 Å². The van der Waals surface area contributed by atoms with Gasteiger partial charge in [-0.05, 0) is 56.4 Å². The van der Waals surface area contributed by atoms with E-state index in [1.54, 1.807) is 0 Å². The standard InChI is InChI=1S/C20H27N.H2O4S/c1-2-21(17-9-15-19-11-5-3-6-12-19)18-10-16-20-13-7-4-8-14-20;1-5(2,3)4/h3-8,11-14H,2,9-10,15-18H2,1H3;(H2,1,2,3,4). The zero-order valence-electron chi connectivity index (χ0n) is 15.3. The molecule has 0 aliphatic heterocycles. The van der Waals surface area contributed by atoms with E-state index in [2.05, 4.69) is 72.5 Å². The molecule has 0 saturated carbocycles. The summed E-state index contributed by atoms with van der Waals surface area (Å²) in [4.78, 5) is 2.58. The second kappa shape index (κ2) is 12.6. The molecule has 0 amide bonds. The molecule has 0 heterocycles. The van der Waals surface area contributed by atoms with E-state index in [1.807, 2.05) is 0 Å². The molecule has 0 aromatic heterocycles. The molecule has 2 aromatic carbocycles. The van der Waals surface area contributed by atoms with Crippen molar-refractivity contribution in [1.82, 2.24) is 4.90 Å². The highest BCUT2D eigenvalue weighted by Gasteiger charge is 2.02. The highest BCUT2D eigenvalue weighted by molar-refractivity contribution is 7.79. The molecule has 6 heteroatoms. The number of nitrogens with zero attached hydrogens (tertiary/aromatic N) is 1. The summed E-state index contributed by atoms with van der Waals surface area (Å²) < 4.78 is 31.6. The van der Waals surface area contributed by atoms with Crippen molar-refractivity contribution >= 4 is 10.4 Å². The minimum atomic E-state index is -4.67. The molecule has 0 unspecified atom stereocenters. The topological polar surface area (TPSA) is 77.8 Å². The maximum atomic E-state index is 8.74. The summed E-state index contributed by atoms with van der Waals surface area (Å²) >= 11 is 0. The summed E-state index contributed by atoms with van der Waals surface area (Å²) in [5, 5.41) is 0. The van der Waals surface area contributed by atoms with Crippen LogP contribution in [0.2, 0.25) is 0 Å². The lowest BCUT2D eigenvalue weighted by molar-refractivity contribution is 0.281. The molecule has 2 N–H and O–H groups in total. The van der Waals surface area contributed by atoms with Gasteiger partial charge in [0, 0.05) is 0 Å². The Balaban J connectivity index is 0.000000597. The maximum absolute atomic E-state index is 8.74. The minimum absolute atomic E-state index is 1.16. The highest BCUT2D eigenvalue weighted by atomic mass is 32.3. The molecule has 0 bridgehead atoms. The van der Waals surface area contributed by atoms with E-state index in [1.165, 1.54) is 49.9 Å². The molecule has 2 rings (SSSR count). The second-order valence-corrected chi connectivity index (χ2v) is 6.96. The van der Waals surface area contributed by atoms with Gasteiger partial charge in [0.1, 0.15) is 0 Å². The van der Waals surface area contributed by atoms with E-state index >= 15 is 0 Å². The molecule has 5 nitrogen and oxygen atoms in total. The third kappa shape index (κ3) is 12.6. The lowest BCUT2D eigenvalue weighted by atomic mass is 10.1. The van der Waals surface area contributed by atoms with E-state index in [4.69, 9.17) is 17.5 Å². The van der Waals surface area contributed by atoms with Gasteiger partial charge in [0.2, 0.25) is 0 Å². The molecule has 0 fully saturated rings. The largest absolute Gasteiger partial charge is 0.394 e. The molecular weight excluding hydrogens is 350 g/mol. The van der Waals surface area contributed by atoms with Gasteiger partial charge in [-0.3, -0.25) is 9.11 Å². The van der Waals surface area contributed by atoms with Gasteiger partial charge in [-0.25, -0.2) is 0 Å². The van der Waals surface area contributed by atoms with E-state index in [-0.39, 0.29) is 0 Å². The second-order valence-electron chi connectivity index (χ2n) is 6.06. The van der Waals surface area contributed by atoms with Crippen LogP contribution in [0.5, 0.6) is 0 Å². The van der Waals surface area contributed by atoms with Crippen LogP contribution in [0.15, 0.2) is 60.7 Å². The van der Waals surface area contributed by atoms with E-state index in [9.17, 15) is 0 Å². The van der Waals surface area contributed by atoms with Crippen LogP contribution >= 0.6 is 0 Å². The third-order valence-electron chi connectivity index (χ3n) is 4.01. The lowest BCUT2D eigenvalue weighted by Gasteiger charge is -2.20. The fourth-order valence-corrected chi connectivity index (χ4v) is 2.73. The van der Waals surface area contributed by atoms with Crippen molar-refractivity contribution in [2.45, 2.75) is 32.6 Å². The molecule has 0 radical (unpaired) electrons. The molecule has 0 aliphatic carbocycles. The summed E-state index contributed by atoms with van der Waals surface area (Å²) in [6.45, 7) is 5.84. The van der Waals surface area contributed by atoms with Crippen LogP contribution in [0.3, 0.4) is 0 Å². The van der Waals surface area contributed by atoms with Crippen molar-refractivity contribution < 1.29 is 17.5 Å². The van der Waals surface area contributed by atoms with Crippen molar-refractivity contribution in [3.8, 4) is 0 Å². The summed E-state index contributed by atoms with van der Waals surface area (Å²) in [7, 11) is -4.67. The van der Waals surface area contributed by atoms with Crippen LogP contribution in [0.4, 0.5) is 0 Å². The molecule has 0 saturated heterocycles. The van der Waals surface area contributed by atoms with Gasteiger partial charge in [-0.1, -0.05) is 67.6 Å². The van der Waals surface area contributed by atoms with E-state index in [0.29, 0.717) is 0 Å². The Morgan fingerprint density at radius 1 is 0.769 bits per heavy atom. The monoisotopic (exact) mass is 379 g/mol. The molecule has 144 valence electrons. The Morgan fingerprint density at radius 3 is 1.42 bits per heavy atom. The van der Waals surface area contributed by atoms with Crippen LogP contribution in [0, 0.1) is 0 Å². The van der Waals surface area contributed by atoms with Gasteiger partial charge < -0.3 is 4.90 Å². The number of rotatable bonds is 9. The van der Waals surface area contributed by atoms with Gasteiger partial charge >= 0.3 is 10.4 Å². The smallest absolute Gasteiger partial charge is 0.304 e. The number of hydrogen-bond donors (Lipinski definition) is 2. The fraction of sp³-hybridized carbons (Fsp3) is 0.400. The lowest BCUT2D eigenvalue weighted by Crippen LogP contribution is -2.26. The first kappa shape index (κ1) is 22.3. The number of hydrogen-bond acceptors (Lipinski definition) is 3. The molecule has 0 spiro atoms. The molecule has 0 aliphatic rings. The Kier molecular flexibility index (Phi) is 10.8. The molecule has 0 atom stereocenters. The quantitative estimate of drug-likeness (QED) is 0.646. The number of benzene rings is 2. The highest BCUT2D eigenvalue weighted by Crippen LogP contribution is 2.06. The third-order valence-corrected chi connectivity index (χ3v) is 4.01. The van der Waals surface area contributed by atoms with Gasteiger partial charge in [0.15, 0.2) is 0 Å². The Bertz CT molecular complexity index is 637. The fourth-order valence-electron chi connectivity index (χ4n) is 2.73. The first-order valence-electron chi connectivity index (χ1n) is 8.88. The average molecular weight is 380 g/mol. The van der Waals surface area contributed by atoms with E-state index < -0.39 is 10.4 Å². The zero-order valence-corrected chi connectivity index (χ0v) is 16.1. The Hall–Kier alpha value is -1.73. The molecule has 26 heavy (non-hydrogen) atoms. The summed E-state index contributed by atoms with van der Waals surface area (Å²) in [6, 6.07) is 21.6. The predicted molar refractivity (Wildman–Crippen MR) is 106 cm³/mol. The van der Waals surface area contributed by atoms with Crippen LogP contribution in [-0.4, -0.2) is 42.1 Å². The Morgan fingerprint density at radius 2 is 1.12 bits per heavy atom. The number of aryl methyl sites for hydroxylation is 2. The van der Waals surface area contributed by atoms with Crippen LogP contribution < -0.4 is 0 Å². The first-order chi connectivity index (χ1) is 12.4. The minimum Gasteiger partial charge on any atom is -0.304 e. The predicted octanol–water partition coefficient (Wildman–Crippen LogP) is 3.92. The first-order valence-corrected chi connectivity index (χ1v) is 10.3. The molecular formula is C20H29NO4S. The Labute approximate surface area is 157 Å². The molecule has 2 aromatic rings. The summed E-state index contributed by atoms with van der Waals surface area (Å²) in [6.07, 6.45) is 4.89. The van der Waals surface area contributed by atoms with E-state index in [0.717, 1.165) is 6.54 Å². The van der Waals surface area contributed by atoms with Crippen molar-refractivity contribution in [3.63, 3.8) is 0 Å². The van der Waals surface area contributed by atoms with Gasteiger partial charge in [0.05, 0.1) is 0 Å². The van der Waals surface area contributed by atoms with Crippen molar-refractivity contribution in [3.05, 3.63) is 71.8 Å². The van der Waals surface area contributed by atoms with Gasteiger partial charge in [-0.2, -0.15) is 8.42 Å². The average Bonchev–Trinajstić information content (AvgIpc) is 2.61.